The van der Waals surface area contributed by atoms with Gasteiger partial charge in [-0.2, -0.15) is 0 Å². The Morgan fingerprint density at radius 1 is 1.00 bits per heavy atom. The fraction of sp³-hybridized carbons (Fsp3) is 0.269. The highest BCUT2D eigenvalue weighted by atomic mass is 32.1. The molecule has 5 rings (SSSR count). The van der Waals surface area contributed by atoms with Gasteiger partial charge >= 0.3 is 6.09 Å². The molecule has 34 heavy (non-hydrogen) atoms. The van der Waals surface area contributed by atoms with Gasteiger partial charge in [0.25, 0.3) is 5.91 Å². The van der Waals surface area contributed by atoms with Crippen molar-refractivity contribution in [2.45, 2.75) is 31.5 Å². The number of nitrogens with zero attached hydrogens (tertiary/aromatic N) is 2. The Hall–Kier alpha value is -3.65. The van der Waals surface area contributed by atoms with Crippen LogP contribution in [0.2, 0.25) is 0 Å². The second-order valence-corrected chi connectivity index (χ2v) is 9.40. The number of hydrogen-bond acceptors (Lipinski definition) is 5. The molecule has 0 aliphatic carbocycles. The molecule has 1 N–H and O–H groups in total. The van der Waals surface area contributed by atoms with Crippen LogP contribution >= 0.6 is 11.3 Å². The molecule has 2 aliphatic rings. The summed E-state index contributed by atoms with van der Waals surface area (Å²) in [5.41, 5.74) is 2.18. The molecule has 2 saturated heterocycles. The largest absolute Gasteiger partial charge is 0.438 e. The second-order valence-electron chi connectivity index (χ2n) is 8.45. The van der Waals surface area contributed by atoms with Gasteiger partial charge in [-0.25, -0.2) is 4.79 Å². The van der Waals surface area contributed by atoms with Crippen molar-refractivity contribution in [2.75, 3.05) is 18.4 Å². The maximum absolute atomic E-state index is 13.6. The first kappa shape index (κ1) is 22.2. The van der Waals surface area contributed by atoms with E-state index >= 15 is 0 Å². The topological polar surface area (TPSA) is 79.0 Å². The van der Waals surface area contributed by atoms with Crippen LogP contribution < -0.4 is 5.32 Å². The monoisotopic (exact) mass is 475 g/mol. The number of benzene rings is 2. The van der Waals surface area contributed by atoms with E-state index in [0.29, 0.717) is 29.2 Å². The van der Waals surface area contributed by atoms with Gasteiger partial charge in [-0.1, -0.05) is 48.5 Å². The van der Waals surface area contributed by atoms with Crippen molar-refractivity contribution in [2.24, 2.45) is 0 Å². The van der Waals surface area contributed by atoms with E-state index in [2.05, 4.69) is 5.32 Å². The minimum absolute atomic E-state index is 0.0997. The van der Waals surface area contributed by atoms with Crippen LogP contribution in [0.4, 0.5) is 10.5 Å². The van der Waals surface area contributed by atoms with Gasteiger partial charge in [-0.05, 0) is 47.5 Å². The number of hydrogen-bond donors (Lipinski definition) is 1. The van der Waals surface area contributed by atoms with E-state index in [0.717, 1.165) is 18.4 Å². The predicted octanol–water partition coefficient (Wildman–Crippen LogP) is 4.68. The molecule has 0 bridgehead atoms. The van der Waals surface area contributed by atoms with E-state index < -0.39 is 18.2 Å². The standard InChI is InChI=1S/C26H25N3O4S/c30-24(21-12-7-15-34-21)27-20-11-6-10-19(16-20)23-22(25(31)28-13-4-5-14-28)29(26(32)33-23)17-18-8-2-1-3-9-18/h1-3,6-12,15-16,22-23H,4-5,13-14,17H2,(H,27,30)/t22-,23+/m1/s1. The molecule has 0 spiro atoms. The lowest BCUT2D eigenvalue weighted by molar-refractivity contribution is -0.135. The lowest BCUT2D eigenvalue weighted by Gasteiger charge is -2.28. The second kappa shape index (κ2) is 9.69. The average molecular weight is 476 g/mol. The number of carbonyl (C=O) groups is 3. The Balaban J connectivity index is 1.43. The summed E-state index contributed by atoms with van der Waals surface area (Å²) < 4.78 is 5.79. The molecular weight excluding hydrogens is 450 g/mol. The van der Waals surface area contributed by atoms with Gasteiger partial charge in [-0.15, -0.1) is 11.3 Å². The summed E-state index contributed by atoms with van der Waals surface area (Å²) >= 11 is 1.36. The van der Waals surface area contributed by atoms with Crippen LogP contribution in [0.3, 0.4) is 0 Å². The van der Waals surface area contributed by atoms with Gasteiger partial charge in [-0.3, -0.25) is 14.5 Å². The zero-order valence-electron chi connectivity index (χ0n) is 18.6. The van der Waals surface area contributed by atoms with E-state index in [-0.39, 0.29) is 18.4 Å². The van der Waals surface area contributed by atoms with Crippen molar-refractivity contribution in [1.82, 2.24) is 9.80 Å². The number of thiophene rings is 1. The van der Waals surface area contributed by atoms with Crippen molar-refractivity contribution in [3.63, 3.8) is 0 Å². The van der Waals surface area contributed by atoms with Crippen molar-refractivity contribution in [3.05, 3.63) is 88.1 Å². The SMILES string of the molecule is O=C(Nc1cccc([C@@H]2OC(=O)N(Cc3ccccc3)[C@H]2C(=O)N2CCCC2)c1)c1cccs1. The van der Waals surface area contributed by atoms with Crippen LogP contribution in [0.25, 0.3) is 0 Å². The van der Waals surface area contributed by atoms with Gasteiger partial charge in [0.05, 0.1) is 11.4 Å². The van der Waals surface area contributed by atoms with Crippen molar-refractivity contribution < 1.29 is 19.1 Å². The molecule has 0 saturated carbocycles. The van der Waals surface area contributed by atoms with Gasteiger partial charge in [0.1, 0.15) is 0 Å². The number of likely N-dealkylation sites (tertiary alicyclic amines) is 1. The zero-order valence-corrected chi connectivity index (χ0v) is 19.4. The number of carbonyl (C=O) groups excluding carboxylic acids is 3. The average Bonchev–Trinajstić information content (AvgIpc) is 3.62. The third-order valence-corrected chi connectivity index (χ3v) is 7.04. The first-order valence-corrected chi connectivity index (χ1v) is 12.2. The summed E-state index contributed by atoms with van der Waals surface area (Å²) in [4.78, 5) is 43.0. The Morgan fingerprint density at radius 2 is 1.79 bits per heavy atom. The number of cyclic esters (lactones) is 1. The summed E-state index contributed by atoms with van der Waals surface area (Å²) in [6.07, 6.45) is 0.643. The van der Waals surface area contributed by atoms with Gasteiger partial charge in [0.15, 0.2) is 12.1 Å². The number of anilines is 1. The van der Waals surface area contributed by atoms with E-state index in [1.165, 1.54) is 16.2 Å². The molecule has 0 unspecified atom stereocenters. The van der Waals surface area contributed by atoms with Gasteiger partial charge in [0.2, 0.25) is 5.91 Å². The first-order chi connectivity index (χ1) is 16.6. The highest BCUT2D eigenvalue weighted by Gasteiger charge is 2.48. The molecule has 8 heteroatoms. The quantitative estimate of drug-likeness (QED) is 0.561. The van der Waals surface area contributed by atoms with Crippen molar-refractivity contribution in [1.29, 1.82) is 0 Å². The summed E-state index contributed by atoms with van der Waals surface area (Å²) in [7, 11) is 0. The molecule has 3 amide bonds. The van der Waals surface area contributed by atoms with Crippen molar-refractivity contribution in [3.8, 4) is 0 Å². The highest BCUT2D eigenvalue weighted by Crippen LogP contribution is 2.36. The molecule has 3 aromatic rings. The third-order valence-electron chi connectivity index (χ3n) is 6.17. The molecule has 174 valence electrons. The van der Waals surface area contributed by atoms with Crippen LogP contribution in [-0.2, 0) is 16.1 Å². The number of rotatable bonds is 6. The molecule has 2 fully saturated rings. The fourth-order valence-electron chi connectivity index (χ4n) is 4.49. The Morgan fingerprint density at radius 3 is 2.53 bits per heavy atom. The van der Waals surface area contributed by atoms with Gasteiger partial charge < -0.3 is 15.0 Å². The summed E-state index contributed by atoms with van der Waals surface area (Å²) in [5, 5.41) is 4.74. The maximum Gasteiger partial charge on any atom is 0.411 e. The molecule has 7 nitrogen and oxygen atoms in total. The number of ether oxygens (including phenoxy) is 1. The highest BCUT2D eigenvalue weighted by molar-refractivity contribution is 7.12. The molecule has 3 heterocycles. The zero-order chi connectivity index (χ0) is 23.5. The van der Waals surface area contributed by atoms with Crippen molar-refractivity contribution >= 4 is 34.9 Å². The predicted molar refractivity (Wildman–Crippen MR) is 130 cm³/mol. The Bertz CT molecular complexity index is 1180. The summed E-state index contributed by atoms with van der Waals surface area (Å²) in [6.45, 7) is 1.66. The van der Waals surface area contributed by atoms with Crippen LogP contribution in [-0.4, -0.2) is 46.8 Å². The van der Waals surface area contributed by atoms with Crippen LogP contribution in [0, 0.1) is 0 Å². The van der Waals surface area contributed by atoms with E-state index in [1.54, 1.807) is 24.3 Å². The molecule has 1 aromatic heterocycles. The minimum Gasteiger partial charge on any atom is -0.438 e. The molecule has 2 atom stereocenters. The maximum atomic E-state index is 13.6. The molecule has 0 radical (unpaired) electrons. The van der Waals surface area contributed by atoms with Crippen LogP contribution in [0.5, 0.6) is 0 Å². The minimum atomic E-state index is -0.769. The summed E-state index contributed by atoms with van der Waals surface area (Å²) in [6, 6.07) is 19.6. The normalized spacial score (nSPS) is 19.8. The molecular formula is C26H25N3O4S. The number of nitrogens with one attached hydrogen (secondary N) is 1. The lowest BCUT2D eigenvalue weighted by Crippen LogP contribution is -2.47. The Kier molecular flexibility index (Phi) is 6.31. The Labute approximate surface area is 201 Å². The van der Waals surface area contributed by atoms with E-state index in [1.807, 2.05) is 52.7 Å². The fourth-order valence-corrected chi connectivity index (χ4v) is 5.11. The van der Waals surface area contributed by atoms with E-state index in [4.69, 9.17) is 4.74 Å². The van der Waals surface area contributed by atoms with E-state index in [9.17, 15) is 14.4 Å². The summed E-state index contributed by atoms with van der Waals surface area (Å²) in [5.74, 6) is -0.303. The van der Waals surface area contributed by atoms with Crippen LogP contribution in [0.15, 0.2) is 72.1 Å². The smallest absolute Gasteiger partial charge is 0.411 e. The molecule has 2 aromatic carbocycles. The first-order valence-electron chi connectivity index (χ1n) is 11.3. The third kappa shape index (κ3) is 4.54. The molecule has 2 aliphatic heterocycles. The number of amides is 3. The lowest BCUT2D eigenvalue weighted by atomic mass is 9.99. The van der Waals surface area contributed by atoms with Gasteiger partial charge in [0, 0.05) is 18.8 Å². The van der Waals surface area contributed by atoms with Crippen LogP contribution in [0.1, 0.15) is 39.7 Å².